The second kappa shape index (κ2) is 7.74. The van der Waals surface area contributed by atoms with Gasteiger partial charge in [0.15, 0.2) is 0 Å². The molecule has 2 aromatic carbocycles. The SMILES string of the molecule is C=C[C@@H](S[C@H](C=C)c1ccc(Cl)cc1)c1ccc(Cl)cc1. The molecular weight excluding hydrogens is 319 g/mol. The van der Waals surface area contributed by atoms with Crippen LogP contribution in [0.1, 0.15) is 21.6 Å². The molecule has 0 spiro atoms. The molecule has 2 atom stereocenters. The molecule has 3 heteroatoms. The lowest BCUT2D eigenvalue weighted by atomic mass is 10.1. The van der Waals surface area contributed by atoms with Crippen molar-refractivity contribution in [2.24, 2.45) is 0 Å². The molecule has 0 fully saturated rings. The van der Waals surface area contributed by atoms with E-state index in [1.54, 1.807) is 11.8 Å². The van der Waals surface area contributed by atoms with Gasteiger partial charge >= 0.3 is 0 Å². The lowest BCUT2D eigenvalue weighted by molar-refractivity contribution is 1.17. The molecule has 0 amide bonds. The maximum Gasteiger partial charge on any atom is 0.0483 e. The van der Waals surface area contributed by atoms with E-state index < -0.39 is 0 Å². The second-order valence-electron chi connectivity index (χ2n) is 4.55. The van der Waals surface area contributed by atoms with Gasteiger partial charge in [-0.25, -0.2) is 0 Å². The Hall–Kier alpha value is -1.15. The van der Waals surface area contributed by atoms with E-state index in [0.717, 1.165) is 10.0 Å². The largest absolute Gasteiger partial charge is 0.137 e. The van der Waals surface area contributed by atoms with Crippen molar-refractivity contribution in [3.05, 3.63) is 95.0 Å². The number of hydrogen-bond donors (Lipinski definition) is 0. The van der Waals surface area contributed by atoms with Gasteiger partial charge in [0, 0.05) is 20.5 Å². The van der Waals surface area contributed by atoms with E-state index >= 15 is 0 Å². The molecule has 0 nitrogen and oxygen atoms in total. The fourth-order valence-electron chi connectivity index (χ4n) is 2.00. The van der Waals surface area contributed by atoms with E-state index in [1.807, 2.05) is 60.7 Å². The van der Waals surface area contributed by atoms with Crippen LogP contribution in [0.3, 0.4) is 0 Å². The second-order valence-corrected chi connectivity index (χ2v) is 6.71. The van der Waals surface area contributed by atoms with E-state index in [-0.39, 0.29) is 10.5 Å². The van der Waals surface area contributed by atoms with Crippen LogP contribution >= 0.6 is 35.0 Å². The highest BCUT2D eigenvalue weighted by atomic mass is 35.5. The molecule has 0 radical (unpaired) electrons. The third-order valence-corrected chi connectivity index (χ3v) is 5.14. The van der Waals surface area contributed by atoms with E-state index in [1.165, 1.54) is 11.1 Å². The molecule has 0 aliphatic heterocycles. The van der Waals surface area contributed by atoms with Gasteiger partial charge in [-0.3, -0.25) is 0 Å². The monoisotopic (exact) mass is 334 g/mol. The third-order valence-electron chi connectivity index (χ3n) is 3.12. The quantitative estimate of drug-likeness (QED) is 0.518. The van der Waals surface area contributed by atoms with Crippen LogP contribution in [0.2, 0.25) is 10.0 Å². The van der Waals surface area contributed by atoms with Crippen molar-refractivity contribution in [1.82, 2.24) is 0 Å². The first kappa shape index (κ1) is 16.2. The molecule has 0 bridgehead atoms. The molecule has 0 aliphatic carbocycles. The van der Waals surface area contributed by atoms with Crippen LogP contribution in [-0.2, 0) is 0 Å². The van der Waals surface area contributed by atoms with Gasteiger partial charge in [-0.05, 0) is 35.4 Å². The van der Waals surface area contributed by atoms with Crippen molar-refractivity contribution in [1.29, 1.82) is 0 Å². The van der Waals surface area contributed by atoms with Crippen molar-refractivity contribution in [2.75, 3.05) is 0 Å². The summed E-state index contributed by atoms with van der Waals surface area (Å²) >= 11 is 13.7. The zero-order valence-corrected chi connectivity index (χ0v) is 13.8. The summed E-state index contributed by atoms with van der Waals surface area (Å²) in [5, 5.41) is 1.84. The lowest BCUT2D eigenvalue weighted by Crippen LogP contribution is -1.96. The summed E-state index contributed by atoms with van der Waals surface area (Å²) in [5.41, 5.74) is 2.36. The van der Waals surface area contributed by atoms with Crippen LogP contribution in [-0.4, -0.2) is 0 Å². The number of hydrogen-bond acceptors (Lipinski definition) is 1. The van der Waals surface area contributed by atoms with Gasteiger partial charge in [-0.1, -0.05) is 59.6 Å². The Kier molecular flexibility index (Phi) is 5.98. The van der Waals surface area contributed by atoms with Gasteiger partial charge < -0.3 is 0 Å². The third kappa shape index (κ3) is 4.41. The van der Waals surface area contributed by atoms with Gasteiger partial charge in [0.05, 0.1) is 0 Å². The first-order valence-corrected chi connectivity index (χ1v) is 8.25. The van der Waals surface area contributed by atoms with Crippen LogP contribution in [0.15, 0.2) is 73.8 Å². The molecule has 2 aromatic rings. The Morgan fingerprint density at radius 3 is 1.33 bits per heavy atom. The number of benzene rings is 2. The van der Waals surface area contributed by atoms with E-state index in [2.05, 4.69) is 13.2 Å². The van der Waals surface area contributed by atoms with Crippen molar-refractivity contribution in [2.45, 2.75) is 10.5 Å². The Balaban J connectivity index is 2.19. The Bertz CT molecular complexity index is 547. The van der Waals surface area contributed by atoms with Gasteiger partial charge in [0.1, 0.15) is 0 Å². The van der Waals surface area contributed by atoms with Gasteiger partial charge in [-0.15, -0.1) is 24.9 Å². The summed E-state index contributed by atoms with van der Waals surface area (Å²) in [6.45, 7) is 7.89. The van der Waals surface area contributed by atoms with Crippen LogP contribution in [0.25, 0.3) is 0 Å². The van der Waals surface area contributed by atoms with Crippen molar-refractivity contribution < 1.29 is 0 Å². The Morgan fingerprint density at radius 2 is 1.05 bits per heavy atom. The minimum absolute atomic E-state index is 0.181. The van der Waals surface area contributed by atoms with E-state index in [4.69, 9.17) is 23.2 Å². The fourth-order valence-corrected chi connectivity index (χ4v) is 3.42. The van der Waals surface area contributed by atoms with Crippen LogP contribution in [0.5, 0.6) is 0 Å². The van der Waals surface area contributed by atoms with Crippen molar-refractivity contribution in [3.8, 4) is 0 Å². The minimum atomic E-state index is 0.181. The molecule has 0 saturated carbocycles. The summed E-state index contributed by atoms with van der Waals surface area (Å²) in [7, 11) is 0. The molecule has 21 heavy (non-hydrogen) atoms. The molecule has 2 rings (SSSR count). The van der Waals surface area contributed by atoms with E-state index in [9.17, 15) is 0 Å². The zero-order valence-electron chi connectivity index (χ0n) is 11.5. The summed E-state index contributed by atoms with van der Waals surface area (Å²) in [5.74, 6) is 0. The number of rotatable bonds is 6. The summed E-state index contributed by atoms with van der Waals surface area (Å²) in [6.07, 6.45) is 3.89. The molecule has 0 N–H and O–H groups in total. The van der Waals surface area contributed by atoms with Gasteiger partial charge in [0.25, 0.3) is 0 Å². The van der Waals surface area contributed by atoms with Crippen molar-refractivity contribution >= 4 is 35.0 Å². The summed E-state index contributed by atoms with van der Waals surface area (Å²) in [4.78, 5) is 0. The minimum Gasteiger partial charge on any atom is -0.137 e. The highest BCUT2D eigenvalue weighted by Gasteiger charge is 2.15. The molecule has 0 saturated heterocycles. The molecule has 108 valence electrons. The highest BCUT2D eigenvalue weighted by Crippen LogP contribution is 2.42. The topological polar surface area (TPSA) is 0 Å². The van der Waals surface area contributed by atoms with Gasteiger partial charge in [0.2, 0.25) is 0 Å². The van der Waals surface area contributed by atoms with Crippen LogP contribution < -0.4 is 0 Å². The molecule has 0 aromatic heterocycles. The normalized spacial score (nSPS) is 13.4. The fraction of sp³-hybridized carbons (Fsp3) is 0.111. The first-order valence-electron chi connectivity index (χ1n) is 6.55. The summed E-state index contributed by atoms with van der Waals surface area (Å²) in [6, 6.07) is 15.7. The molecular formula is C18H16Cl2S. The molecule has 0 unspecified atom stereocenters. The first-order chi connectivity index (χ1) is 10.1. The molecule has 0 heterocycles. The van der Waals surface area contributed by atoms with E-state index in [0.29, 0.717) is 0 Å². The number of halogens is 2. The summed E-state index contributed by atoms with van der Waals surface area (Å²) < 4.78 is 0. The Morgan fingerprint density at radius 1 is 0.714 bits per heavy atom. The van der Waals surface area contributed by atoms with Crippen LogP contribution in [0.4, 0.5) is 0 Å². The number of thioether (sulfide) groups is 1. The molecule has 0 aliphatic rings. The average molecular weight is 335 g/mol. The maximum atomic E-state index is 5.94. The standard InChI is InChI=1S/C18H16Cl2S/c1-3-17(13-5-9-15(19)10-6-13)21-18(4-2)14-7-11-16(20)12-8-14/h3-12,17-18H,1-2H2/t17-,18-/m1/s1. The predicted molar refractivity (Wildman–Crippen MR) is 96.4 cm³/mol. The van der Waals surface area contributed by atoms with Crippen LogP contribution in [0, 0.1) is 0 Å². The lowest BCUT2D eigenvalue weighted by Gasteiger charge is -2.19. The zero-order chi connectivity index (χ0) is 15.2. The predicted octanol–water partition coefficient (Wildman–Crippen LogP) is 6.88. The maximum absolute atomic E-state index is 5.94. The average Bonchev–Trinajstić information content (AvgIpc) is 2.51. The van der Waals surface area contributed by atoms with Crippen molar-refractivity contribution in [3.63, 3.8) is 0 Å². The smallest absolute Gasteiger partial charge is 0.0483 e. The van der Waals surface area contributed by atoms with Gasteiger partial charge in [-0.2, -0.15) is 0 Å². The highest BCUT2D eigenvalue weighted by molar-refractivity contribution is 8.00. The Labute approximate surface area is 140 Å².